The lowest BCUT2D eigenvalue weighted by atomic mass is 9.82. The molecule has 0 heterocycles. The van der Waals surface area contributed by atoms with Gasteiger partial charge in [0.2, 0.25) is 0 Å². The van der Waals surface area contributed by atoms with Gasteiger partial charge < -0.3 is 10.1 Å². The minimum Gasteiger partial charge on any atom is -0.452 e. The van der Waals surface area contributed by atoms with Crippen molar-refractivity contribution in [3.05, 3.63) is 71.3 Å². The molecule has 0 saturated heterocycles. The molecule has 0 aliphatic carbocycles. The van der Waals surface area contributed by atoms with Crippen molar-refractivity contribution in [1.29, 1.82) is 0 Å². The number of hydrogen-bond donors (Lipinski definition) is 1. The Labute approximate surface area is 172 Å². The van der Waals surface area contributed by atoms with Gasteiger partial charge in [0.05, 0.1) is 5.56 Å². The fraction of sp³-hybridized carbons (Fsp3) is 0.375. The predicted octanol–water partition coefficient (Wildman–Crippen LogP) is 4.41. The molecule has 0 fully saturated rings. The molecule has 0 aliphatic rings. The molecule has 1 N–H and O–H groups in total. The Morgan fingerprint density at radius 3 is 1.97 bits per heavy atom. The molecule has 1 amide bonds. The minimum atomic E-state index is -0.700. The quantitative estimate of drug-likeness (QED) is 0.557. The highest BCUT2D eigenvalue weighted by molar-refractivity contribution is 6.14. The van der Waals surface area contributed by atoms with Crippen molar-refractivity contribution in [2.45, 2.75) is 46.6 Å². The van der Waals surface area contributed by atoms with E-state index in [1.54, 1.807) is 42.5 Å². The van der Waals surface area contributed by atoms with E-state index in [9.17, 15) is 14.4 Å². The molecule has 2 aromatic rings. The Morgan fingerprint density at radius 2 is 1.38 bits per heavy atom. The van der Waals surface area contributed by atoms with Crippen LogP contribution in [0.5, 0.6) is 0 Å². The van der Waals surface area contributed by atoms with Crippen LogP contribution in [0, 0.1) is 5.41 Å². The van der Waals surface area contributed by atoms with Crippen LogP contribution >= 0.6 is 0 Å². The molecular weight excluding hydrogens is 366 g/mol. The van der Waals surface area contributed by atoms with Crippen molar-refractivity contribution in [3.8, 4) is 0 Å². The van der Waals surface area contributed by atoms with E-state index in [4.69, 9.17) is 4.74 Å². The lowest BCUT2D eigenvalue weighted by molar-refractivity contribution is -0.126. The number of rotatable bonds is 7. The number of carbonyl (C=O) groups is 3. The van der Waals surface area contributed by atoms with E-state index in [1.807, 2.05) is 19.9 Å². The smallest absolute Gasteiger partial charge is 0.339 e. The summed E-state index contributed by atoms with van der Waals surface area (Å²) in [7, 11) is 0. The summed E-state index contributed by atoms with van der Waals surface area (Å²) in [5.74, 6) is -1.35. The van der Waals surface area contributed by atoms with Crippen LogP contribution in [0.2, 0.25) is 0 Å². The maximum atomic E-state index is 12.7. The SMILES string of the molecule is CC(C)(C)CC(C)(C)NC(=O)COC(=O)c1ccccc1C(=O)c1ccccc1. The van der Waals surface area contributed by atoms with E-state index < -0.39 is 18.1 Å². The molecule has 2 rings (SSSR count). The van der Waals surface area contributed by atoms with Crippen LogP contribution in [0.25, 0.3) is 0 Å². The second kappa shape index (κ2) is 9.03. The summed E-state index contributed by atoms with van der Waals surface area (Å²) in [5, 5.41) is 2.90. The molecule has 5 nitrogen and oxygen atoms in total. The van der Waals surface area contributed by atoms with Gasteiger partial charge in [-0.2, -0.15) is 0 Å². The molecule has 0 saturated carbocycles. The molecule has 2 aromatic carbocycles. The van der Waals surface area contributed by atoms with Gasteiger partial charge in [0.25, 0.3) is 5.91 Å². The zero-order valence-corrected chi connectivity index (χ0v) is 17.7. The Balaban J connectivity index is 2.05. The highest BCUT2D eigenvalue weighted by Crippen LogP contribution is 2.26. The van der Waals surface area contributed by atoms with Crippen LogP contribution in [-0.2, 0) is 9.53 Å². The second-order valence-electron chi connectivity index (χ2n) is 8.99. The third-order valence-corrected chi connectivity index (χ3v) is 4.21. The van der Waals surface area contributed by atoms with Gasteiger partial charge in [-0.1, -0.05) is 69.3 Å². The second-order valence-corrected chi connectivity index (χ2v) is 8.99. The highest BCUT2D eigenvalue weighted by atomic mass is 16.5. The minimum absolute atomic E-state index is 0.0458. The molecule has 154 valence electrons. The zero-order chi connectivity index (χ0) is 21.7. The summed E-state index contributed by atoms with van der Waals surface area (Å²) >= 11 is 0. The van der Waals surface area contributed by atoms with Crippen LogP contribution in [0.4, 0.5) is 0 Å². The summed E-state index contributed by atoms with van der Waals surface area (Å²) in [5.41, 5.74) is 0.488. The maximum Gasteiger partial charge on any atom is 0.339 e. The van der Waals surface area contributed by atoms with Crippen molar-refractivity contribution >= 4 is 17.7 Å². The number of amides is 1. The number of benzene rings is 2. The Bertz CT molecular complexity index is 879. The van der Waals surface area contributed by atoms with Crippen molar-refractivity contribution in [1.82, 2.24) is 5.32 Å². The Kier molecular flexibility index (Phi) is 6.96. The Hall–Kier alpha value is -2.95. The zero-order valence-electron chi connectivity index (χ0n) is 17.7. The lowest BCUT2D eigenvalue weighted by Gasteiger charge is -2.33. The maximum absolute atomic E-state index is 12.7. The molecule has 0 bridgehead atoms. The van der Waals surface area contributed by atoms with Crippen molar-refractivity contribution in [2.24, 2.45) is 5.41 Å². The average molecular weight is 395 g/mol. The molecule has 0 atom stereocenters. The van der Waals surface area contributed by atoms with E-state index in [2.05, 4.69) is 26.1 Å². The number of hydrogen-bond acceptors (Lipinski definition) is 4. The van der Waals surface area contributed by atoms with Gasteiger partial charge in [0.15, 0.2) is 12.4 Å². The van der Waals surface area contributed by atoms with E-state index >= 15 is 0 Å². The van der Waals surface area contributed by atoms with Gasteiger partial charge in [0.1, 0.15) is 0 Å². The van der Waals surface area contributed by atoms with Crippen LogP contribution < -0.4 is 5.32 Å². The molecular formula is C24H29NO4. The largest absolute Gasteiger partial charge is 0.452 e. The van der Waals surface area contributed by atoms with Gasteiger partial charge in [0, 0.05) is 16.7 Å². The van der Waals surface area contributed by atoms with Crippen LogP contribution in [-0.4, -0.2) is 29.8 Å². The van der Waals surface area contributed by atoms with Crippen molar-refractivity contribution in [2.75, 3.05) is 6.61 Å². The van der Waals surface area contributed by atoms with E-state index in [0.29, 0.717) is 5.56 Å². The third-order valence-electron chi connectivity index (χ3n) is 4.21. The standard InChI is InChI=1S/C24H29NO4/c1-23(2,3)16-24(4,5)25-20(26)15-29-22(28)19-14-10-9-13-18(19)21(27)17-11-7-6-8-12-17/h6-14H,15-16H2,1-5H3,(H,25,26). The molecule has 0 radical (unpaired) electrons. The Morgan fingerprint density at radius 1 is 0.828 bits per heavy atom. The number of nitrogens with one attached hydrogen (secondary N) is 1. The fourth-order valence-corrected chi connectivity index (χ4v) is 3.60. The fourth-order valence-electron chi connectivity index (χ4n) is 3.60. The molecule has 0 aromatic heterocycles. The summed E-state index contributed by atoms with van der Waals surface area (Å²) < 4.78 is 5.19. The summed E-state index contributed by atoms with van der Waals surface area (Å²) in [6, 6.07) is 15.2. The van der Waals surface area contributed by atoms with Gasteiger partial charge in [-0.3, -0.25) is 9.59 Å². The first-order chi connectivity index (χ1) is 13.5. The average Bonchev–Trinajstić information content (AvgIpc) is 2.64. The number of ether oxygens (including phenoxy) is 1. The number of esters is 1. The van der Waals surface area contributed by atoms with E-state index in [0.717, 1.165) is 6.42 Å². The first-order valence-electron chi connectivity index (χ1n) is 9.65. The number of ketones is 1. The predicted molar refractivity (Wildman–Crippen MR) is 113 cm³/mol. The normalized spacial score (nSPS) is 11.6. The summed E-state index contributed by atoms with van der Waals surface area (Å²) in [6.45, 7) is 9.77. The molecule has 29 heavy (non-hydrogen) atoms. The van der Waals surface area contributed by atoms with Gasteiger partial charge in [-0.15, -0.1) is 0 Å². The summed E-state index contributed by atoms with van der Waals surface area (Å²) in [4.78, 5) is 37.6. The molecule has 5 heteroatoms. The first-order valence-corrected chi connectivity index (χ1v) is 9.65. The monoisotopic (exact) mass is 395 g/mol. The molecule has 0 unspecified atom stereocenters. The van der Waals surface area contributed by atoms with Crippen LogP contribution in [0.15, 0.2) is 54.6 Å². The van der Waals surface area contributed by atoms with Crippen LogP contribution in [0.3, 0.4) is 0 Å². The van der Waals surface area contributed by atoms with Crippen molar-refractivity contribution in [3.63, 3.8) is 0 Å². The number of carbonyl (C=O) groups excluding carboxylic acids is 3. The lowest BCUT2D eigenvalue weighted by Crippen LogP contribution is -2.47. The topological polar surface area (TPSA) is 72.5 Å². The van der Waals surface area contributed by atoms with E-state index in [-0.39, 0.29) is 28.2 Å². The highest BCUT2D eigenvalue weighted by Gasteiger charge is 2.27. The van der Waals surface area contributed by atoms with E-state index in [1.165, 1.54) is 6.07 Å². The van der Waals surface area contributed by atoms with Gasteiger partial charge in [-0.05, 0) is 31.7 Å². The first kappa shape index (κ1) is 22.3. The third kappa shape index (κ3) is 6.86. The molecule has 0 aliphatic heterocycles. The van der Waals surface area contributed by atoms with Crippen LogP contribution in [0.1, 0.15) is 67.3 Å². The molecule has 0 spiro atoms. The summed E-state index contributed by atoms with van der Waals surface area (Å²) in [6.07, 6.45) is 0.772. The van der Waals surface area contributed by atoms with Gasteiger partial charge in [-0.25, -0.2) is 4.79 Å². The van der Waals surface area contributed by atoms with Crippen molar-refractivity contribution < 1.29 is 19.1 Å². The van der Waals surface area contributed by atoms with Gasteiger partial charge >= 0.3 is 5.97 Å².